The second kappa shape index (κ2) is 6.45. The third kappa shape index (κ3) is 2.86. The molecule has 1 fully saturated rings. The smallest absolute Gasteiger partial charge is 0.0946 e. The Morgan fingerprint density at radius 2 is 2.10 bits per heavy atom. The highest BCUT2D eigenvalue weighted by atomic mass is 16.5. The molecular formula is C18H27NO2. The Balaban J connectivity index is 1.86. The predicted molar refractivity (Wildman–Crippen MR) is 83.4 cm³/mol. The van der Waals surface area contributed by atoms with Crippen molar-refractivity contribution in [2.24, 2.45) is 0 Å². The summed E-state index contributed by atoms with van der Waals surface area (Å²) in [5.41, 5.74) is 2.06. The largest absolute Gasteiger partial charge is 0.389 e. The van der Waals surface area contributed by atoms with Crippen molar-refractivity contribution in [3.05, 3.63) is 29.6 Å². The van der Waals surface area contributed by atoms with Gasteiger partial charge in [-0.2, -0.15) is 0 Å². The van der Waals surface area contributed by atoms with Crippen molar-refractivity contribution in [3.8, 4) is 0 Å². The molecule has 116 valence electrons. The second-order valence-corrected chi connectivity index (χ2v) is 6.55. The number of hydrogen-bond acceptors (Lipinski definition) is 3. The number of aliphatic hydroxyl groups excluding tert-OH is 1. The molecule has 0 aromatic carbocycles. The lowest BCUT2D eigenvalue weighted by Crippen LogP contribution is -2.47. The van der Waals surface area contributed by atoms with E-state index >= 15 is 0 Å². The van der Waals surface area contributed by atoms with Crippen molar-refractivity contribution in [1.82, 2.24) is 4.98 Å². The van der Waals surface area contributed by atoms with Crippen molar-refractivity contribution < 1.29 is 9.84 Å². The minimum atomic E-state index is -0.424. The van der Waals surface area contributed by atoms with Gasteiger partial charge in [-0.25, -0.2) is 0 Å². The molecule has 1 saturated carbocycles. The fourth-order valence-electron chi connectivity index (χ4n) is 4.26. The molecular weight excluding hydrogens is 262 g/mol. The Bertz CT molecular complexity index is 466. The number of hydrogen-bond donors (Lipinski definition) is 1. The first-order chi connectivity index (χ1) is 10.3. The van der Waals surface area contributed by atoms with Gasteiger partial charge < -0.3 is 9.84 Å². The van der Waals surface area contributed by atoms with Gasteiger partial charge in [-0.3, -0.25) is 4.98 Å². The van der Waals surface area contributed by atoms with Crippen molar-refractivity contribution >= 4 is 0 Å². The normalized spacial score (nSPS) is 26.1. The van der Waals surface area contributed by atoms with Crippen LogP contribution in [0, 0.1) is 0 Å². The molecule has 1 N–H and O–H groups in total. The second-order valence-electron chi connectivity index (χ2n) is 6.55. The van der Waals surface area contributed by atoms with E-state index in [1.807, 2.05) is 19.2 Å². The van der Waals surface area contributed by atoms with Crippen LogP contribution in [-0.2, 0) is 11.2 Å². The monoisotopic (exact) mass is 289 g/mol. The molecule has 3 heteroatoms. The summed E-state index contributed by atoms with van der Waals surface area (Å²) in [6.07, 6.45) is 10.3. The van der Waals surface area contributed by atoms with E-state index in [1.165, 1.54) is 31.2 Å². The van der Waals surface area contributed by atoms with Crippen molar-refractivity contribution in [1.29, 1.82) is 0 Å². The van der Waals surface area contributed by atoms with Crippen LogP contribution in [0.15, 0.2) is 18.3 Å². The molecule has 1 heterocycles. The molecule has 0 spiro atoms. The van der Waals surface area contributed by atoms with Crippen LogP contribution < -0.4 is 0 Å². The Kier molecular flexibility index (Phi) is 4.60. The molecule has 0 amide bonds. The number of ether oxygens (including phenoxy) is 1. The van der Waals surface area contributed by atoms with Crippen molar-refractivity contribution in [2.75, 3.05) is 6.61 Å². The third-order valence-corrected chi connectivity index (χ3v) is 5.30. The van der Waals surface area contributed by atoms with Crippen LogP contribution >= 0.6 is 0 Å². The number of pyridine rings is 1. The highest BCUT2D eigenvalue weighted by molar-refractivity contribution is 5.30. The van der Waals surface area contributed by atoms with Gasteiger partial charge in [-0.05, 0) is 44.2 Å². The van der Waals surface area contributed by atoms with Crippen molar-refractivity contribution in [3.63, 3.8) is 0 Å². The zero-order valence-electron chi connectivity index (χ0n) is 13.1. The summed E-state index contributed by atoms with van der Waals surface area (Å²) in [6, 6.07) is 4.15. The molecule has 0 saturated heterocycles. The molecule has 21 heavy (non-hydrogen) atoms. The van der Waals surface area contributed by atoms with Gasteiger partial charge >= 0.3 is 0 Å². The fourth-order valence-corrected chi connectivity index (χ4v) is 4.26. The van der Waals surface area contributed by atoms with Gasteiger partial charge in [0, 0.05) is 24.4 Å². The fraction of sp³-hybridized carbons (Fsp3) is 0.722. The molecule has 1 aromatic heterocycles. The summed E-state index contributed by atoms with van der Waals surface area (Å²) in [5, 5.41) is 11.2. The van der Waals surface area contributed by atoms with Gasteiger partial charge in [0.2, 0.25) is 0 Å². The number of nitrogens with zero attached hydrogens (tertiary/aromatic N) is 1. The lowest BCUT2D eigenvalue weighted by molar-refractivity contribution is -0.137. The Labute approximate surface area is 127 Å². The van der Waals surface area contributed by atoms with E-state index in [1.54, 1.807) is 0 Å². The van der Waals surface area contributed by atoms with Crippen LogP contribution in [0.2, 0.25) is 0 Å². The van der Waals surface area contributed by atoms with E-state index in [2.05, 4.69) is 11.1 Å². The minimum absolute atomic E-state index is 0.144. The number of fused-ring (bicyclic) bond motifs is 1. The maximum absolute atomic E-state index is 11.2. The standard InChI is InChI=1S/C18H27NO2/c1-2-21-18(11-5-3-4-6-12-18)17(20)15-10-9-14-8-7-13-19-16(14)15/h7-8,13,15,17,20H,2-6,9-12H2,1H3. The first-order valence-electron chi connectivity index (χ1n) is 8.52. The molecule has 3 rings (SSSR count). The highest BCUT2D eigenvalue weighted by Gasteiger charge is 2.45. The minimum Gasteiger partial charge on any atom is -0.389 e. The molecule has 2 unspecified atom stereocenters. The topological polar surface area (TPSA) is 42.4 Å². The van der Waals surface area contributed by atoms with Gasteiger partial charge in [0.1, 0.15) is 0 Å². The first kappa shape index (κ1) is 15.0. The molecule has 2 aliphatic carbocycles. The van der Waals surface area contributed by atoms with Crippen LogP contribution in [0.25, 0.3) is 0 Å². The van der Waals surface area contributed by atoms with E-state index in [-0.39, 0.29) is 11.5 Å². The maximum Gasteiger partial charge on any atom is 0.0946 e. The molecule has 0 bridgehead atoms. The Morgan fingerprint density at radius 3 is 2.81 bits per heavy atom. The molecule has 0 radical (unpaired) electrons. The molecule has 0 aliphatic heterocycles. The van der Waals surface area contributed by atoms with E-state index in [0.717, 1.165) is 31.4 Å². The lowest BCUT2D eigenvalue weighted by Gasteiger charge is -2.40. The SMILES string of the molecule is CCOC1(C(O)C2CCc3cccnc32)CCCCCC1. The van der Waals surface area contributed by atoms with E-state index in [0.29, 0.717) is 6.61 Å². The van der Waals surface area contributed by atoms with E-state index < -0.39 is 6.10 Å². The molecule has 1 aromatic rings. The van der Waals surface area contributed by atoms with E-state index in [4.69, 9.17) is 4.74 Å². The third-order valence-electron chi connectivity index (χ3n) is 5.30. The van der Waals surface area contributed by atoms with Crippen LogP contribution in [0.4, 0.5) is 0 Å². The Morgan fingerprint density at radius 1 is 1.33 bits per heavy atom. The summed E-state index contributed by atoms with van der Waals surface area (Å²) in [5.74, 6) is 0.144. The van der Waals surface area contributed by atoms with Gasteiger partial charge in [0.05, 0.1) is 11.7 Å². The summed E-state index contributed by atoms with van der Waals surface area (Å²) >= 11 is 0. The summed E-state index contributed by atoms with van der Waals surface area (Å²) in [4.78, 5) is 4.56. The quantitative estimate of drug-likeness (QED) is 0.861. The van der Waals surface area contributed by atoms with Crippen LogP contribution in [0.1, 0.15) is 69.0 Å². The van der Waals surface area contributed by atoms with Gasteiger partial charge in [0.15, 0.2) is 0 Å². The number of aryl methyl sites for hydroxylation is 1. The average Bonchev–Trinajstić information content (AvgIpc) is 2.79. The van der Waals surface area contributed by atoms with Crippen molar-refractivity contribution in [2.45, 2.75) is 75.9 Å². The zero-order valence-corrected chi connectivity index (χ0v) is 13.1. The van der Waals surface area contributed by atoms with Crippen LogP contribution in [0.3, 0.4) is 0 Å². The molecule has 3 nitrogen and oxygen atoms in total. The molecule has 2 aliphatic rings. The number of rotatable bonds is 4. The van der Waals surface area contributed by atoms with Gasteiger partial charge in [-0.1, -0.05) is 31.7 Å². The van der Waals surface area contributed by atoms with Crippen LogP contribution in [0.5, 0.6) is 0 Å². The van der Waals surface area contributed by atoms with E-state index in [9.17, 15) is 5.11 Å². The Hall–Kier alpha value is -0.930. The maximum atomic E-state index is 11.2. The molecule has 2 atom stereocenters. The van der Waals surface area contributed by atoms with Gasteiger partial charge in [0.25, 0.3) is 0 Å². The summed E-state index contributed by atoms with van der Waals surface area (Å²) in [6.45, 7) is 2.72. The van der Waals surface area contributed by atoms with Crippen LogP contribution in [-0.4, -0.2) is 28.4 Å². The zero-order chi connectivity index (χ0) is 14.7. The number of aromatic nitrogens is 1. The summed E-state index contributed by atoms with van der Waals surface area (Å²) < 4.78 is 6.16. The highest BCUT2D eigenvalue weighted by Crippen LogP contribution is 2.43. The number of aliphatic hydroxyl groups is 1. The van der Waals surface area contributed by atoms with Gasteiger partial charge in [-0.15, -0.1) is 0 Å². The predicted octanol–water partition coefficient (Wildman–Crippen LogP) is 3.60. The average molecular weight is 289 g/mol. The summed E-state index contributed by atoms with van der Waals surface area (Å²) in [7, 11) is 0. The first-order valence-corrected chi connectivity index (χ1v) is 8.52. The lowest BCUT2D eigenvalue weighted by atomic mass is 9.80.